The lowest BCUT2D eigenvalue weighted by Gasteiger charge is -2.19. The lowest BCUT2D eigenvalue weighted by Crippen LogP contribution is -2.28. The van der Waals surface area contributed by atoms with Gasteiger partial charge in [0.2, 0.25) is 5.95 Å². The average Bonchev–Trinajstić information content (AvgIpc) is 3.05. The van der Waals surface area contributed by atoms with E-state index in [2.05, 4.69) is 20.3 Å². The first-order chi connectivity index (χ1) is 12.9. The summed E-state index contributed by atoms with van der Waals surface area (Å²) >= 11 is 0. The van der Waals surface area contributed by atoms with Gasteiger partial charge in [0.05, 0.1) is 12.4 Å². The van der Waals surface area contributed by atoms with Gasteiger partial charge < -0.3 is 14.8 Å². The fourth-order valence-corrected chi connectivity index (χ4v) is 2.85. The van der Waals surface area contributed by atoms with Gasteiger partial charge in [-0.2, -0.15) is 4.98 Å². The summed E-state index contributed by atoms with van der Waals surface area (Å²) in [5, 5.41) is 10.2. The van der Waals surface area contributed by atoms with Gasteiger partial charge >= 0.3 is 5.97 Å². The maximum Gasteiger partial charge on any atom is 0.319 e. The molecule has 2 aromatic rings. The molecular formula is C16H25N6O4P. The summed E-state index contributed by atoms with van der Waals surface area (Å²) in [4.78, 5) is 35.0. The number of hydrogen-bond acceptors (Lipinski definition) is 8. The van der Waals surface area contributed by atoms with E-state index in [0.29, 0.717) is 18.0 Å². The summed E-state index contributed by atoms with van der Waals surface area (Å²) in [5.74, 6) is -0.00585. The van der Waals surface area contributed by atoms with Gasteiger partial charge in [0, 0.05) is 15.4 Å². The van der Waals surface area contributed by atoms with Crippen LogP contribution >= 0.6 is 8.37 Å². The second-order valence-electron chi connectivity index (χ2n) is 6.33. The molecule has 0 bridgehead atoms. The van der Waals surface area contributed by atoms with Gasteiger partial charge in [-0.3, -0.25) is 24.3 Å². The Morgan fingerprint density at radius 3 is 2.81 bits per heavy atom. The molecule has 0 aliphatic heterocycles. The highest BCUT2D eigenvalue weighted by atomic mass is 31.1. The molecular weight excluding hydrogens is 371 g/mol. The van der Waals surface area contributed by atoms with Crippen molar-refractivity contribution in [1.82, 2.24) is 19.5 Å². The van der Waals surface area contributed by atoms with E-state index in [1.165, 1.54) is 6.33 Å². The number of esters is 1. The van der Waals surface area contributed by atoms with Gasteiger partial charge in [-0.25, -0.2) is 4.98 Å². The van der Waals surface area contributed by atoms with Crippen molar-refractivity contribution >= 4 is 31.5 Å². The summed E-state index contributed by atoms with van der Waals surface area (Å²) in [6, 6.07) is 0. The first-order valence-electron chi connectivity index (χ1n) is 8.68. The van der Waals surface area contributed by atoms with Crippen LogP contribution in [0.1, 0.15) is 27.2 Å². The molecule has 0 amide bonds. The van der Waals surface area contributed by atoms with Crippen molar-refractivity contribution in [2.24, 2.45) is 5.92 Å². The highest BCUT2D eigenvalue weighted by Crippen LogP contribution is 2.19. The van der Waals surface area contributed by atoms with Crippen LogP contribution in [-0.2, 0) is 21.0 Å². The summed E-state index contributed by atoms with van der Waals surface area (Å²) in [5.41, 5.74) is -0.163. The largest absolute Gasteiger partial charge is 0.462 e. The highest BCUT2D eigenvalue weighted by Gasteiger charge is 2.23. The van der Waals surface area contributed by atoms with E-state index < -0.39 is 5.66 Å². The van der Waals surface area contributed by atoms with Crippen molar-refractivity contribution < 1.29 is 14.3 Å². The number of H-pyrrole nitrogens is 1. The number of ether oxygens (including phenoxy) is 2. The zero-order valence-electron chi connectivity index (χ0n) is 15.9. The van der Waals surface area contributed by atoms with Crippen LogP contribution in [0.2, 0.25) is 0 Å². The first-order valence-corrected chi connectivity index (χ1v) is 9.65. The summed E-state index contributed by atoms with van der Waals surface area (Å²) in [7, 11) is 1.90. The number of hydrogen-bond donors (Lipinski definition) is 3. The molecule has 148 valence electrons. The molecule has 0 aliphatic carbocycles. The number of imidazole rings is 1. The second kappa shape index (κ2) is 9.57. The summed E-state index contributed by atoms with van der Waals surface area (Å²) < 4.78 is 12.8. The Morgan fingerprint density at radius 2 is 2.22 bits per heavy atom. The van der Waals surface area contributed by atoms with E-state index >= 15 is 0 Å². The summed E-state index contributed by atoms with van der Waals surface area (Å²) in [6.45, 7) is 5.93. The molecule has 1 unspecified atom stereocenters. The van der Waals surface area contributed by atoms with E-state index in [1.807, 2.05) is 20.8 Å². The van der Waals surface area contributed by atoms with Gasteiger partial charge in [-0.15, -0.1) is 0 Å². The topological polar surface area (TPSA) is 135 Å². The number of fused-ring (bicyclic) bond motifs is 1. The molecule has 0 fully saturated rings. The Hall–Kier alpha value is -2.32. The first kappa shape index (κ1) is 21.0. The number of carbonyl (C=O) groups is 1. The number of aromatic nitrogens is 4. The Bertz CT molecular complexity index is 849. The number of rotatable bonds is 10. The van der Waals surface area contributed by atoms with Gasteiger partial charge in [0.25, 0.3) is 5.56 Å². The maximum atomic E-state index is 12.1. The smallest absolute Gasteiger partial charge is 0.319 e. The molecule has 0 radical (unpaired) electrons. The van der Waals surface area contributed by atoms with E-state index in [9.17, 15) is 9.59 Å². The Labute approximate surface area is 158 Å². The lowest BCUT2D eigenvalue weighted by molar-refractivity contribution is -0.149. The predicted octanol–water partition coefficient (Wildman–Crippen LogP) is 2.19. The number of aromatic amines is 1. The molecule has 27 heavy (non-hydrogen) atoms. The minimum Gasteiger partial charge on any atom is -0.462 e. The van der Waals surface area contributed by atoms with Crippen LogP contribution in [0.5, 0.6) is 0 Å². The van der Waals surface area contributed by atoms with Crippen molar-refractivity contribution in [2.45, 2.75) is 45.7 Å². The predicted molar refractivity (Wildman–Crippen MR) is 102 cm³/mol. The molecule has 11 heteroatoms. The van der Waals surface area contributed by atoms with Crippen LogP contribution in [0.25, 0.3) is 11.2 Å². The average molecular weight is 396 g/mol. The molecule has 2 rings (SSSR count). The molecule has 3 N–H and O–H groups in total. The fraction of sp³-hybridized carbons (Fsp3) is 0.625. The van der Waals surface area contributed by atoms with E-state index in [4.69, 9.17) is 14.6 Å². The molecule has 0 spiro atoms. The minimum absolute atomic E-state index is 0.0421. The maximum absolute atomic E-state index is 12.1. The van der Waals surface area contributed by atoms with Crippen LogP contribution in [0, 0.1) is 11.1 Å². The Balaban J connectivity index is 2.01. The molecule has 2 aromatic heterocycles. The third-order valence-electron chi connectivity index (χ3n) is 4.04. The SMILES string of the molecule is CCC(COC(=O)[C@H](P=N)C(C)C)OCn1cnc2c(=O)[nH]c(NC)nc21. The zero-order chi connectivity index (χ0) is 20.0. The van der Waals surface area contributed by atoms with Crippen LogP contribution in [0.4, 0.5) is 5.95 Å². The molecule has 10 nitrogen and oxygen atoms in total. The van der Waals surface area contributed by atoms with Crippen molar-refractivity contribution in [2.75, 3.05) is 19.0 Å². The normalized spacial score (nSPS) is 13.8. The molecule has 2 heterocycles. The van der Waals surface area contributed by atoms with Gasteiger partial charge in [-0.1, -0.05) is 20.8 Å². The van der Waals surface area contributed by atoms with Crippen molar-refractivity contribution in [3.63, 3.8) is 0 Å². The quantitative estimate of drug-likeness (QED) is 0.414. The van der Waals surface area contributed by atoms with Crippen molar-refractivity contribution in [3.8, 4) is 0 Å². The number of anilines is 1. The summed E-state index contributed by atoms with van der Waals surface area (Å²) in [6.07, 6.45) is 1.81. The third kappa shape index (κ3) is 5.11. The standard InChI is InChI=1S/C16H25N6O4P/c1-5-10(6-25-15(24)12(27-17)9(2)3)26-8-22-7-19-11-13(22)20-16(18-4)21-14(11)23/h7,9-10,12,17H,5-6,8H2,1-4H3,(H2,18,20,21,23)/t10?,12-/m1/s1. The number of carbonyl (C=O) groups excluding carboxylic acids is 1. The van der Waals surface area contributed by atoms with Crippen molar-refractivity contribution in [1.29, 1.82) is 5.16 Å². The minimum atomic E-state index is -0.462. The molecule has 2 atom stereocenters. The van der Waals surface area contributed by atoms with E-state index in [-0.39, 0.29) is 50.8 Å². The van der Waals surface area contributed by atoms with E-state index in [0.717, 1.165) is 0 Å². The highest BCUT2D eigenvalue weighted by molar-refractivity contribution is 7.27. The van der Waals surface area contributed by atoms with Crippen molar-refractivity contribution in [3.05, 3.63) is 16.7 Å². The monoisotopic (exact) mass is 396 g/mol. The third-order valence-corrected chi connectivity index (χ3v) is 5.13. The lowest BCUT2D eigenvalue weighted by atomic mass is 10.1. The number of nitrogens with one attached hydrogen (secondary N) is 3. The number of nitrogens with zero attached hydrogens (tertiary/aromatic N) is 3. The molecule has 0 saturated carbocycles. The second-order valence-corrected chi connectivity index (χ2v) is 7.14. The van der Waals surface area contributed by atoms with Crippen LogP contribution < -0.4 is 10.9 Å². The Kier molecular flexibility index (Phi) is 7.44. The molecule has 0 saturated heterocycles. The van der Waals surface area contributed by atoms with Gasteiger partial charge in [-0.05, 0) is 12.3 Å². The molecule has 0 aromatic carbocycles. The molecule has 0 aliphatic rings. The van der Waals surface area contributed by atoms with Crippen LogP contribution in [0.3, 0.4) is 0 Å². The Morgan fingerprint density at radius 1 is 1.48 bits per heavy atom. The van der Waals surface area contributed by atoms with E-state index in [1.54, 1.807) is 11.6 Å². The fourth-order valence-electron chi connectivity index (χ4n) is 2.37. The van der Waals surface area contributed by atoms with Gasteiger partial charge in [0.1, 0.15) is 19.0 Å². The zero-order valence-corrected chi connectivity index (χ0v) is 16.7. The van der Waals surface area contributed by atoms with Crippen LogP contribution in [-0.4, -0.2) is 50.9 Å². The van der Waals surface area contributed by atoms with Crippen LogP contribution in [0.15, 0.2) is 11.1 Å². The van der Waals surface area contributed by atoms with Gasteiger partial charge in [0.15, 0.2) is 11.2 Å².